The van der Waals surface area contributed by atoms with Crippen LogP contribution in [-0.4, -0.2) is 66.8 Å². The Morgan fingerprint density at radius 2 is 1.97 bits per heavy atom. The molecule has 0 bridgehead atoms. The van der Waals surface area contributed by atoms with Crippen LogP contribution in [0.2, 0.25) is 0 Å². The summed E-state index contributed by atoms with van der Waals surface area (Å²) in [4.78, 5) is 23.3. The number of fused-ring (bicyclic) bond motifs is 1. The van der Waals surface area contributed by atoms with Crippen molar-refractivity contribution in [1.29, 1.82) is 0 Å². The van der Waals surface area contributed by atoms with Gasteiger partial charge in [-0.1, -0.05) is 13.3 Å². The zero-order valence-corrected chi connectivity index (χ0v) is 20.1. The number of nitrogens with one attached hydrogen (secondary N) is 2. The van der Waals surface area contributed by atoms with Crippen LogP contribution >= 0.6 is 0 Å². The van der Waals surface area contributed by atoms with Gasteiger partial charge in [-0.15, -0.1) is 0 Å². The summed E-state index contributed by atoms with van der Waals surface area (Å²) in [7, 11) is 4.01. The highest BCUT2D eigenvalue weighted by molar-refractivity contribution is 5.82. The number of anilines is 1. The quantitative estimate of drug-likeness (QED) is 0.640. The van der Waals surface area contributed by atoms with Gasteiger partial charge in [0.05, 0.1) is 16.9 Å². The van der Waals surface area contributed by atoms with Gasteiger partial charge in [0, 0.05) is 57.5 Å². The van der Waals surface area contributed by atoms with E-state index in [-0.39, 0.29) is 11.6 Å². The molecule has 1 aromatic carbocycles. The summed E-state index contributed by atoms with van der Waals surface area (Å²) in [5, 5.41) is 7.50. The molecule has 1 saturated heterocycles. The normalized spacial score (nSPS) is 20.8. The van der Waals surface area contributed by atoms with Gasteiger partial charge in [-0.05, 0) is 52.4 Å². The van der Waals surface area contributed by atoms with Crippen molar-refractivity contribution in [2.24, 2.45) is 0 Å². The molecular weight excluding hydrogens is 388 g/mol. The van der Waals surface area contributed by atoms with E-state index in [1.165, 1.54) is 0 Å². The number of nitrogens with zero attached hydrogens (tertiary/aromatic N) is 4. The van der Waals surface area contributed by atoms with Crippen LogP contribution in [0.3, 0.4) is 0 Å². The molecular formula is C24H40N6O. The van der Waals surface area contributed by atoms with Gasteiger partial charge in [0.25, 0.3) is 5.56 Å². The predicted molar refractivity (Wildman–Crippen MR) is 130 cm³/mol. The fourth-order valence-electron chi connectivity index (χ4n) is 4.80. The fourth-order valence-corrected chi connectivity index (χ4v) is 4.80. The van der Waals surface area contributed by atoms with Crippen molar-refractivity contribution in [3.8, 4) is 0 Å². The lowest BCUT2D eigenvalue weighted by Gasteiger charge is -2.41. The fraction of sp³-hybridized carbons (Fsp3) is 0.667. The van der Waals surface area contributed by atoms with E-state index in [0.29, 0.717) is 24.0 Å². The van der Waals surface area contributed by atoms with Gasteiger partial charge in [-0.2, -0.15) is 0 Å². The van der Waals surface area contributed by atoms with Crippen LogP contribution in [0, 0.1) is 0 Å². The summed E-state index contributed by atoms with van der Waals surface area (Å²) in [5.41, 5.74) is 1.92. The predicted octanol–water partition coefficient (Wildman–Crippen LogP) is 2.60. The van der Waals surface area contributed by atoms with Gasteiger partial charge in [-0.3, -0.25) is 14.3 Å². The molecule has 0 saturated carbocycles. The average Bonchev–Trinajstić information content (AvgIpc) is 2.74. The third-order valence-corrected chi connectivity index (χ3v) is 6.31. The van der Waals surface area contributed by atoms with Crippen LogP contribution in [0.15, 0.2) is 23.0 Å². The van der Waals surface area contributed by atoms with Crippen molar-refractivity contribution in [2.45, 2.75) is 65.2 Å². The van der Waals surface area contributed by atoms with Gasteiger partial charge in [0.15, 0.2) is 0 Å². The molecule has 7 heteroatoms. The summed E-state index contributed by atoms with van der Waals surface area (Å²) in [6.07, 6.45) is 2.06. The monoisotopic (exact) mass is 428 g/mol. The molecule has 7 nitrogen and oxygen atoms in total. The highest BCUT2D eigenvalue weighted by Crippen LogP contribution is 2.28. The smallest absolute Gasteiger partial charge is 0.261 e. The molecule has 0 radical (unpaired) electrons. The van der Waals surface area contributed by atoms with Crippen LogP contribution in [-0.2, 0) is 6.54 Å². The summed E-state index contributed by atoms with van der Waals surface area (Å²) >= 11 is 0. The molecule has 2 heterocycles. The molecule has 3 rings (SSSR count). The molecule has 1 aromatic heterocycles. The van der Waals surface area contributed by atoms with E-state index < -0.39 is 0 Å². The second kappa shape index (κ2) is 10.6. The van der Waals surface area contributed by atoms with Crippen molar-refractivity contribution >= 4 is 16.6 Å². The zero-order chi connectivity index (χ0) is 22.5. The number of benzene rings is 1. The average molecular weight is 429 g/mol. The van der Waals surface area contributed by atoms with Crippen molar-refractivity contribution in [3.63, 3.8) is 0 Å². The minimum atomic E-state index is 0.0729. The summed E-state index contributed by atoms with van der Waals surface area (Å²) in [6.45, 7) is 13.1. The highest BCUT2D eigenvalue weighted by Gasteiger charge is 2.30. The number of aromatic nitrogens is 2. The van der Waals surface area contributed by atoms with Crippen molar-refractivity contribution in [2.75, 3.05) is 45.2 Å². The Morgan fingerprint density at radius 1 is 1.26 bits per heavy atom. The van der Waals surface area contributed by atoms with Gasteiger partial charge >= 0.3 is 0 Å². The number of likely N-dealkylation sites (N-methyl/N-ethyl adjacent to an activating group) is 2. The van der Waals surface area contributed by atoms with Crippen LogP contribution in [0.4, 0.5) is 5.69 Å². The molecule has 172 valence electrons. The lowest BCUT2D eigenvalue weighted by molar-refractivity contribution is 0.109. The van der Waals surface area contributed by atoms with E-state index in [9.17, 15) is 4.79 Å². The van der Waals surface area contributed by atoms with Gasteiger partial charge in [0.1, 0.15) is 5.82 Å². The molecule has 1 fully saturated rings. The van der Waals surface area contributed by atoms with Crippen LogP contribution < -0.4 is 21.1 Å². The SMILES string of the molecule is CCCC(c1nc2ccc(N(C)CCNC)cc2c(=O)n1CC)N1C[C@@H](C)N[C@@H](C)C1. The van der Waals surface area contributed by atoms with E-state index >= 15 is 0 Å². The topological polar surface area (TPSA) is 65.4 Å². The Morgan fingerprint density at radius 3 is 2.58 bits per heavy atom. The van der Waals surface area contributed by atoms with E-state index in [1.54, 1.807) is 0 Å². The van der Waals surface area contributed by atoms with Gasteiger partial charge < -0.3 is 15.5 Å². The zero-order valence-electron chi connectivity index (χ0n) is 20.1. The largest absolute Gasteiger partial charge is 0.373 e. The molecule has 1 unspecified atom stereocenters. The Hall–Kier alpha value is -1.96. The molecule has 0 amide bonds. The molecule has 1 aliphatic rings. The first-order valence-electron chi connectivity index (χ1n) is 11.8. The van der Waals surface area contributed by atoms with Crippen LogP contribution in [0.1, 0.15) is 52.4 Å². The minimum absolute atomic E-state index is 0.0729. The van der Waals surface area contributed by atoms with Crippen molar-refractivity contribution in [1.82, 2.24) is 25.1 Å². The molecule has 3 atom stereocenters. The molecule has 2 aromatic rings. The Labute approximate surface area is 186 Å². The first-order valence-corrected chi connectivity index (χ1v) is 11.8. The van der Waals surface area contributed by atoms with Gasteiger partial charge in [0.2, 0.25) is 0 Å². The maximum absolute atomic E-state index is 13.6. The summed E-state index contributed by atoms with van der Waals surface area (Å²) < 4.78 is 1.90. The second-order valence-corrected chi connectivity index (χ2v) is 8.97. The van der Waals surface area contributed by atoms with E-state index in [4.69, 9.17) is 4.98 Å². The number of hydrogen-bond acceptors (Lipinski definition) is 6. The molecule has 31 heavy (non-hydrogen) atoms. The summed E-state index contributed by atoms with van der Waals surface area (Å²) in [5.74, 6) is 0.916. The van der Waals surface area contributed by atoms with E-state index in [1.807, 2.05) is 30.7 Å². The Bertz CT molecular complexity index is 916. The molecule has 2 N–H and O–H groups in total. The third-order valence-electron chi connectivity index (χ3n) is 6.31. The first-order chi connectivity index (χ1) is 14.9. The molecule has 0 spiro atoms. The minimum Gasteiger partial charge on any atom is -0.373 e. The first kappa shape index (κ1) is 23.7. The van der Waals surface area contributed by atoms with E-state index in [0.717, 1.165) is 56.0 Å². The lowest BCUT2D eigenvalue weighted by atomic mass is 10.0. The molecule has 0 aliphatic carbocycles. The maximum atomic E-state index is 13.6. The summed E-state index contributed by atoms with van der Waals surface area (Å²) in [6, 6.07) is 7.11. The van der Waals surface area contributed by atoms with Crippen molar-refractivity contribution in [3.05, 3.63) is 34.4 Å². The third kappa shape index (κ3) is 5.27. The number of rotatable bonds is 9. The lowest BCUT2D eigenvalue weighted by Crippen LogP contribution is -2.55. The van der Waals surface area contributed by atoms with Crippen LogP contribution in [0.25, 0.3) is 10.9 Å². The Kier molecular flexibility index (Phi) is 8.08. The van der Waals surface area contributed by atoms with Crippen molar-refractivity contribution < 1.29 is 0 Å². The standard InChI is InChI=1S/C24H40N6O/c1-7-9-22(29-15-17(3)26-18(4)16-29)23-27-21-11-10-19(28(6)13-12-25-5)14-20(21)24(31)30(23)8-2/h10-11,14,17-18,22,25-26H,7-9,12-13,15-16H2,1-6H3/t17-,18+,22?. The molecule has 1 aliphatic heterocycles. The van der Waals surface area contributed by atoms with Gasteiger partial charge in [-0.25, -0.2) is 4.98 Å². The number of piperazine rings is 1. The highest BCUT2D eigenvalue weighted by atomic mass is 16.1. The Balaban J connectivity index is 2.05. The van der Waals surface area contributed by atoms with E-state index in [2.05, 4.69) is 54.3 Å². The van der Waals surface area contributed by atoms with Crippen LogP contribution in [0.5, 0.6) is 0 Å². The maximum Gasteiger partial charge on any atom is 0.261 e. The number of hydrogen-bond donors (Lipinski definition) is 2. The second-order valence-electron chi connectivity index (χ2n) is 8.97.